The predicted molar refractivity (Wildman–Crippen MR) is 85.8 cm³/mol. The van der Waals surface area contributed by atoms with Crippen LogP contribution >= 0.6 is 0 Å². The van der Waals surface area contributed by atoms with Gasteiger partial charge in [-0.25, -0.2) is 0 Å². The molecule has 1 aliphatic rings. The van der Waals surface area contributed by atoms with E-state index in [-0.39, 0.29) is 0 Å². The van der Waals surface area contributed by atoms with Crippen molar-refractivity contribution in [3.8, 4) is 0 Å². The van der Waals surface area contributed by atoms with Gasteiger partial charge in [0.05, 0.1) is 0 Å². The van der Waals surface area contributed by atoms with Crippen LogP contribution in [0.1, 0.15) is 44.6 Å². The molecular weight excluding hydrogens is 244 g/mol. The van der Waals surface area contributed by atoms with Crippen LogP contribution in [-0.4, -0.2) is 10.6 Å². The van der Waals surface area contributed by atoms with Crippen molar-refractivity contribution in [3.05, 3.63) is 36.0 Å². The predicted octanol–water partition coefficient (Wildman–Crippen LogP) is 4.24. The lowest BCUT2D eigenvalue weighted by molar-refractivity contribution is 0.448. The first-order chi connectivity index (χ1) is 9.74. The molecule has 1 aromatic carbocycles. The van der Waals surface area contributed by atoms with E-state index in [2.05, 4.69) is 54.3 Å². The maximum Gasteiger partial charge on any atom is 0.0481 e. The van der Waals surface area contributed by atoms with Crippen molar-refractivity contribution in [3.63, 3.8) is 0 Å². The number of nitrogens with zero attached hydrogens (tertiary/aromatic N) is 1. The van der Waals surface area contributed by atoms with Gasteiger partial charge >= 0.3 is 0 Å². The summed E-state index contributed by atoms with van der Waals surface area (Å²) < 4.78 is 2.24. The van der Waals surface area contributed by atoms with Crippen LogP contribution in [0.2, 0.25) is 0 Å². The highest BCUT2D eigenvalue weighted by Crippen LogP contribution is 2.24. The molecule has 0 aliphatic heterocycles. The van der Waals surface area contributed by atoms with Crippen molar-refractivity contribution in [2.75, 3.05) is 0 Å². The number of aromatic nitrogens is 1. The normalized spacial score (nSPS) is 23.9. The van der Waals surface area contributed by atoms with E-state index >= 15 is 0 Å². The zero-order valence-electron chi connectivity index (χ0n) is 12.7. The Labute approximate surface area is 122 Å². The van der Waals surface area contributed by atoms with Gasteiger partial charge in [-0.3, -0.25) is 0 Å². The molecule has 2 heteroatoms. The molecule has 1 aromatic heterocycles. The fourth-order valence-electron chi connectivity index (χ4n) is 3.51. The lowest BCUT2D eigenvalue weighted by atomic mass is 10.0. The Morgan fingerprint density at radius 3 is 2.90 bits per heavy atom. The Kier molecular flexibility index (Phi) is 4.11. The number of nitrogens with one attached hydrogen (secondary N) is 1. The second kappa shape index (κ2) is 6.01. The molecule has 3 rings (SSSR count). The van der Waals surface area contributed by atoms with Crippen LogP contribution < -0.4 is 5.32 Å². The Balaban J connectivity index is 1.68. The minimum absolute atomic E-state index is 0.707. The number of fused-ring (bicyclic) bond motifs is 1. The van der Waals surface area contributed by atoms with Gasteiger partial charge in [-0.1, -0.05) is 38.0 Å². The van der Waals surface area contributed by atoms with E-state index < -0.39 is 0 Å². The molecule has 0 saturated heterocycles. The molecule has 20 heavy (non-hydrogen) atoms. The van der Waals surface area contributed by atoms with E-state index in [1.54, 1.807) is 0 Å². The van der Waals surface area contributed by atoms with E-state index in [1.807, 2.05) is 0 Å². The van der Waals surface area contributed by atoms with E-state index in [1.165, 1.54) is 48.6 Å². The van der Waals surface area contributed by atoms with Crippen LogP contribution in [0.3, 0.4) is 0 Å². The monoisotopic (exact) mass is 270 g/mol. The van der Waals surface area contributed by atoms with Crippen LogP contribution in [-0.2, 0) is 13.6 Å². The van der Waals surface area contributed by atoms with Crippen LogP contribution in [0.4, 0.5) is 0 Å². The molecule has 2 atom stereocenters. The smallest absolute Gasteiger partial charge is 0.0481 e. The summed E-state index contributed by atoms with van der Waals surface area (Å²) in [6, 6.07) is 9.40. The highest BCUT2D eigenvalue weighted by atomic mass is 14.9. The molecule has 1 fully saturated rings. The fourth-order valence-corrected chi connectivity index (χ4v) is 3.51. The summed E-state index contributed by atoms with van der Waals surface area (Å²) in [4.78, 5) is 0. The minimum atomic E-state index is 0.707. The highest BCUT2D eigenvalue weighted by Gasteiger charge is 2.16. The van der Waals surface area contributed by atoms with Gasteiger partial charge in [0, 0.05) is 36.7 Å². The van der Waals surface area contributed by atoms with Crippen molar-refractivity contribution in [1.29, 1.82) is 0 Å². The Morgan fingerprint density at radius 1 is 1.15 bits per heavy atom. The molecule has 1 N–H and O–H groups in total. The van der Waals surface area contributed by atoms with Gasteiger partial charge in [0.2, 0.25) is 0 Å². The molecule has 0 bridgehead atoms. The van der Waals surface area contributed by atoms with E-state index in [0.29, 0.717) is 6.04 Å². The second-order valence-electron chi connectivity index (χ2n) is 6.47. The first kappa shape index (κ1) is 13.7. The van der Waals surface area contributed by atoms with E-state index in [4.69, 9.17) is 0 Å². The standard InChI is InChI=1S/C18H26N2/c1-14-6-5-7-16(11-10-14)19-12-15-13-20(2)18-9-4-3-8-17(15)18/h3-4,8-9,13-14,16,19H,5-7,10-12H2,1-2H3. The third-order valence-corrected chi connectivity index (χ3v) is 4.82. The molecular formula is C18H26N2. The van der Waals surface area contributed by atoms with E-state index in [0.717, 1.165) is 12.5 Å². The molecule has 1 heterocycles. The Bertz CT molecular complexity index is 570. The quantitative estimate of drug-likeness (QED) is 0.826. The van der Waals surface area contributed by atoms with Crippen LogP contribution in [0, 0.1) is 5.92 Å². The lowest BCUT2D eigenvalue weighted by Gasteiger charge is -2.16. The van der Waals surface area contributed by atoms with Crippen LogP contribution in [0.15, 0.2) is 30.5 Å². The van der Waals surface area contributed by atoms with Crippen molar-refractivity contribution < 1.29 is 0 Å². The molecule has 2 aromatic rings. The maximum atomic E-state index is 3.79. The maximum absolute atomic E-state index is 3.79. The average molecular weight is 270 g/mol. The minimum Gasteiger partial charge on any atom is -0.350 e. The summed E-state index contributed by atoms with van der Waals surface area (Å²) in [5.74, 6) is 0.916. The number of hydrogen-bond acceptors (Lipinski definition) is 1. The van der Waals surface area contributed by atoms with Crippen molar-refractivity contribution in [2.24, 2.45) is 13.0 Å². The summed E-state index contributed by atoms with van der Waals surface area (Å²) in [6.07, 6.45) is 9.13. The summed E-state index contributed by atoms with van der Waals surface area (Å²) in [5.41, 5.74) is 2.76. The van der Waals surface area contributed by atoms with Crippen molar-refractivity contribution in [1.82, 2.24) is 9.88 Å². The first-order valence-corrected chi connectivity index (χ1v) is 8.00. The fraction of sp³-hybridized carbons (Fsp3) is 0.556. The Morgan fingerprint density at radius 2 is 2.00 bits per heavy atom. The lowest BCUT2D eigenvalue weighted by Crippen LogP contribution is -2.27. The molecule has 1 aliphatic carbocycles. The van der Waals surface area contributed by atoms with Gasteiger partial charge in [0.25, 0.3) is 0 Å². The number of benzene rings is 1. The third kappa shape index (κ3) is 2.90. The van der Waals surface area contributed by atoms with Crippen molar-refractivity contribution >= 4 is 10.9 Å². The zero-order chi connectivity index (χ0) is 13.9. The van der Waals surface area contributed by atoms with Gasteiger partial charge in [-0.2, -0.15) is 0 Å². The van der Waals surface area contributed by atoms with Gasteiger partial charge in [0.15, 0.2) is 0 Å². The molecule has 0 amide bonds. The number of rotatable bonds is 3. The zero-order valence-corrected chi connectivity index (χ0v) is 12.7. The summed E-state index contributed by atoms with van der Waals surface area (Å²) >= 11 is 0. The van der Waals surface area contributed by atoms with Crippen LogP contribution in [0.5, 0.6) is 0 Å². The molecule has 2 unspecified atom stereocenters. The highest BCUT2D eigenvalue weighted by molar-refractivity contribution is 5.83. The Hall–Kier alpha value is -1.28. The number of para-hydroxylation sites is 1. The largest absolute Gasteiger partial charge is 0.350 e. The molecule has 0 spiro atoms. The average Bonchev–Trinajstić information content (AvgIpc) is 2.64. The first-order valence-electron chi connectivity index (χ1n) is 8.00. The summed E-state index contributed by atoms with van der Waals surface area (Å²) in [5, 5.41) is 5.18. The number of hydrogen-bond donors (Lipinski definition) is 1. The molecule has 108 valence electrons. The van der Waals surface area contributed by atoms with Crippen molar-refractivity contribution in [2.45, 2.75) is 51.6 Å². The topological polar surface area (TPSA) is 17.0 Å². The van der Waals surface area contributed by atoms with Gasteiger partial charge in [-0.05, 0) is 36.8 Å². The van der Waals surface area contributed by atoms with Crippen LogP contribution in [0.25, 0.3) is 10.9 Å². The second-order valence-corrected chi connectivity index (χ2v) is 6.47. The molecule has 2 nitrogen and oxygen atoms in total. The summed E-state index contributed by atoms with van der Waals surface area (Å²) in [6.45, 7) is 3.40. The molecule has 0 radical (unpaired) electrons. The molecule has 1 saturated carbocycles. The SMILES string of the molecule is CC1CCCC(NCc2cn(C)c3ccccc23)CC1. The number of aryl methyl sites for hydroxylation is 1. The summed E-state index contributed by atoms with van der Waals surface area (Å²) in [7, 11) is 2.14. The van der Waals surface area contributed by atoms with Gasteiger partial charge in [-0.15, -0.1) is 0 Å². The van der Waals surface area contributed by atoms with E-state index in [9.17, 15) is 0 Å². The van der Waals surface area contributed by atoms with Gasteiger partial charge < -0.3 is 9.88 Å². The van der Waals surface area contributed by atoms with Gasteiger partial charge in [0.1, 0.15) is 0 Å². The third-order valence-electron chi connectivity index (χ3n) is 4.82.